The predicted octanol–water partition coefficient (Wildman–Crippen LogP) is 1.98. The highest BCUT2D eigenvalue weighted by atomic mass is 35.5. The molecule has 2 N–H and O–H groups in total. The van der Waals surface area contributed by atoms with Crippen LogP contribution < -0.4 is 10.6 Å². The number of hydrogen-bond donors (Lipinski definition) is 1. The van der Waals surface area contributed by atoms with E-state index in [-0.39, 0.29) is 24.2 Å². The van der Waals surface area contributed by atoms with Crippen LogP contribution in [-0.4, -0.2) is 18.5 Å². The van der Waals surface area contributed by atoms with Gasteiger partial charge in [0, 0.05) is 12.2 Å². The summed E-state index contributed by atoms with van der Waals surface area (Å²) in [5.41, 5.74) is 8.18. The van der Waals surface area contributed by atoms with Crippen LogP contribution in [-0.2, 0) is 11.2 Å². The van der Waals surface area contributed by atoms with Crippen molar-refractivity contribution < 1.29 is 4.79 Å². The summed E-state index contributed by atoms with van der Waals surface area (Å²) in [7, 11) is 0. The van der Waals surface area contributed by atoms with Gasteiger partial charge in [0.25, 0.3) is 0 Å². The molecule has 1 aromatic carbocycles. The van der Waals surface area contributed by atoms with E-state index in [2.05, 4.69) is 6.07 Å². The standard InChI is InChI=1S/C13H18N2O.ClH/c1-9(2)12(14)13(16)15-8-7-10-5-3-4-6-11(10)15;/h3-6,9,12H,7-8,14H2,1-2H3;1H. The van der Waals surface area contributed by atoms with Crippen molar-refractivity contribution >= 4 is 24.0 Å². The van der Waals surface area contributed by atoms with Crippen LogP contribution in [0.25, 0.3) is 0 Å². The Labute approximate surface area is 108 Å². The van der Waals surface area contributed by atoms with Gasteiger partial charge in [-0.1, -0.05) is 32.0 Å². The zero-order valence-corrected chi connectivity index (χ0v) is 11.0. The number of carbonyl (C=O) groups excluding carboxylic acids is 1. The maximum Gasteiger partial charge on any atom is 0.244 e. The summed E-state index contributed by atoms with van der Waals surface area (Å²) in [4.78, 5) is 14.0. The lowest BCUT2D eigenvalue weighted by molar-refractivity contribution is -0.120. The molecule has 4 heteroatoms. The van der Waals surface area contributed by atoms with E-state index < -0.39 is 6.04 Å². The van der Waals surface area contributed by atoms with E-state index in [1.54, 1.807) is 0 Å². The second-order valence-electron chi connectivity index (χ2n) is 4.64. The molecule has 0 saturated carbocycles. The Balaban J connectivity index is 0.00000144. The average Bonchev–Trinajstić information content (AvgIpc) is 2.70. The molecule has 17 heavy (non-hydrogen) atoms. The van der Waals surface area contributed by atoms with Gasteiger partial charge in [0.15, 0.2) is 0 Å². The molecule has 1 unspecified atom stereocenters. The van der Waals surface area contributed by atoms with Gasteiger partial charge in [0.05, 0.1) is 6.04 Å². The van der Waals surface area contributed by atoms with Gasteiger partial charge in [-0.15, -0.1) is 12.4 Å². The lowest BCUT2D eigenvalue weighted by Gasteiger charge is -2.23. The minimum Gasteiger partial charge on any atom is -0.320 e. The van der Waals surface area contributed by atoms with E-state index in [4.69, 9.17) is 5.73 Å². The van der Waals surface area contributed by atoms with Gasteiger partial charge in [-0.3, -0.25) is 4.79 Å². The van der Waals surface area contributed by atoms with Gasteiger partial charge in [0.2, 0.25) is 5.91 Å². The smallest absolute Gasteiger partial charge is 0.244 e. The molecule has 1 aliphatic heterocycles. The molecule has 0 saturated heterocycles. The average molecular weight is 255 g/mol. The van der Waals surface area contributed by atoms with Crippen molar-refractivity contribution in [1.82, 2.24) is 0 Å². The third kappa shape index (κ3) is 2.61. The van der Waals surface area contributed by atoms with E-state index in [1.807, 2.05) is 36.9 Å². The third-order valence-electron chi connectivity index (χ3n) is 3.16. The van der Waals surface area contributed by atoms with Crippen molar-refractivity contribution in [3.05, 3.63) is 29.8 Å². The van der Waals surface area contributed by atoms with Gasteiger partial charge in [-0.25, -0.2) is 0 Å². The van der Waals surface area contributed by atoms with Gasteiger partial charge in [-0.05, 0) is 24.0 Å². The molecule has 0 aliphatic carbocycles. The van der Waals surface area contributed by atoms with Crippen LogP contribution in [0, 0.1) is 5.92 Å². The number of amides is 1. The number of para-hydroxylation sites is 1. The van der Waals surface area contributed by atoms with E-state index in [0.717, 1.165) is 18.7 Å². The monoisotopic (exact) mass is 254 g/mol. The number of nitrogens with two attached hydrogens (primary N) is 1. The Bertz CT molecular complexity index is 406. The number of hydrogen-bond acceptors (Lipinski definition) is 2. The highest BCUT2D eigenvalue weighted by Gasteiger charge is 2.29. The van der Waals surface area contributed by atoms with Crippen molar-refractivity contribution in [3.8, 4) is 0 Å². The molecular weight excluding hydrogens is 236 g/mol. The van der Waals surface area contributed by atoms with E-state index in [1.165, 1.54) is 5.56 Å². The van der Waals surface area contributed by atoms with Crippen molar-refractivity contribution in [2.75, 3.05) is 11.4 Å². The summed E-state index contributed by atoms with van der Waals surface area (Å²) in [5.74, 6) is 0.222. The van der Waals surface area contributed by atoms with Crippen LogP contribution >= 0.6 is 12.4 Å². The number of benzene rings is 1. The van der Waals surface area contributed by atoms with Crippen LogP contribution in [0.5, 0.6) is 0 Å². The third-order valence-corrected chi connectivity index (χ3v) is 3.16. The second-order valence-corrected chi connectivity index (χ2v) is 4.64. The molecule has 0 spiro atoms. The van der Waals surface area contributed by atoms with Gasteiger partial charge in [0.1, 0.15) is 0 Å². The predicted molar refractivity (Wildman–Crippen MR) is 72.6 cm³/mol. The summed E-state index contributed by atoms with van der Waals surface area (Å²) in [6.45, 7) is 4.72. The van der Waals surface area contributed by atoms with Crippen LogP contribution in [0.4, 0.5) is 5.69 Å². The van der Waals surface area contributed by atoms with Crippen molar-refractivity contribution in [2.24, 2.45) is 11.7 Å². The summed E-state index contributed by atoms with van der Waals surface area (Å²) < 4.78 is 0. The molecule has 1 heterocycles. The molecule has 1 amide bonds. The van der Waals surface area contributed by atoms with Gasteiger partial charge >= 0.3 is 0 Å². The van der Waals surface area contributed by atoms with Crippen LogP contribution in [0.15, 0.2) is 24.3 Å². The summed E-state index contributed by atoms with van der Waals surface area (Å²) in [6, 6.07) is 7.64. The van der Waals surface area contributed by atoms with Gasteiger partial charge < -0.3 is 10.6 Å². The number of rotatable bonds is 2. The lowest BCUT2D eigenvalue weighted by Crippen LogP contribution is -2.46. The zero-order valence-electron chi connectivity index (χ0n) is 10.2. The minimum atomic E-state index is -0.397. The first kappa shape index (κ1) is 14.0. The summed E-state index contributed by atoms with van der Waals surface area (Å²) in [5, 5.41) is 0. The Morgan fingerprint density at radius 1 is 1.35 bits per heavy atom. The Morgan fingerprint density at radius 2 is 2.00 bits per heavy atom. The van der Waals surface area contributed by atoms with Crippen molar-refractivity contribution in [3.63, 3.8) is 0 Å². The SMILES string of the molecule is CC(C)C(N)C(=O)N1CCc2ccccc21.Cl. The summed E-state index contributed by atoms with van der Waals surface area (Å²) in [6.07, 6.45) is 0.937. The first-order valence-electron chi connectivity index (χ1n) is 5.76. The molecule has 2 rings (SSSR count). The largest absolute Gasteiger partial charge is 0.320 e. The highest BCUT2D eigenvalue weighted by molar-refractivity contribution is 5.98. The number of fused-ring (bicyclic) bond motifs is 1. The number of nitrogens with zero attached hydrogens (tertiary/aromatic N) is 1. The number of halogens is 1. The van der Waals surface area contributed by atoms with E-state index in [0.29, 0.717) is 0 Å². The van der Waals surface area contributed by atoms with Crippen LogP contribution in [0.1, 0.15) is 19.4 Å². The highest BCUT2D eigenvalue weighted by Crippen LogP contribution is 2.28. The minimum absolute atomic E-state index is 0. The Morgan fingerprint density at radius 3 is 2.65 bits per heavy atom. The van der Waals surface area contributed by atoms with Crippen LogP contribution in [0.2, 0.25) is 0 Å². The molecule has 1 aromatic rings. The molecular formula is C13H19ClN2O. The quantitative estimate of drug-likeness (QED) is 0.877. The zero-order chi connectivity index (χ0) is 11.7. The van der Waals surface area contributed by atoms with Crippen molar-refractivity contribution in [2.45, 2.75) is 26.3 Å². The molecule has 0 bridgehead atoms. The number of carbonyl (C=O) groups is 1. The van der Waals surface area contributed by atoms with E-state index in [9.17, 15) is 4.79 Å². The fourth-order valence-corrected chi connectivity index (χ4v) is 2.03. The van der Waals surface area contributed by atoms with Gasteiger partial charge in [-0.2, -0.15) is 0 Å². The molecule has 1 aliphatic rings. The molecule has 0 aromatic heterocycles. The summed E-state index contributed by atoms with van der Waals surface area (Å²) >= 11 is 0. The topological polar surface area (TPSA) is 46.3 Å². The molecule has 94 valence electrons. The first-order valence-corrected chi connectivity index (χ1v) is 5.76. The lowest BCUT2D eigenvalue weighted by atomic mass is 10.0. The second kappa shape index (κ2) is 5.52. The maximum atomic E-state index is 12.2. The Kier molecular flexibility index (Phi) is 4.54. The number of anilines is 1. The van der Waals surface area contributed by atoms with Crippen molar-refractivity contribution in [1.29, 1.82) is 0 Å². The molecule has 0 radical (unpaired) electrons. The maximum absolute atomic E-state index is 12.2. The molecule has 3 nitrogen and oxygen atoms in total. The molecule has 1 atom stereocenters. The van der Waals surface area contributed by atoms with E-state index >= 15 is 0 Å². The fourth-order valence-electron chi connectivity index (χ4n) is 2.03. The Hall–Kier alpha value is -1.06. The normalized spacial score (nSPS) is 15.4. The fraction of sp³-hybridized carbons (Fsp3) is 0.462. The first-order chi connectivity index (χ1) is 7.61. The molecule has 0 fully saturated rings. The van der Waals surface area contributed by atoms with Crippen LogP contribution in [0.3, 0.4) is 0 Å².